The van der Waals surface area contributed by atoms with E-state index in [-0.39, 0.29) is 5.59 Å². The Hall–Kier alpha value is -1.11. The molecule has 2 rings (SSSR count). The Morgan fingerprint density at radius 2 is 2.00 bits per heavy atom. The molecule has 80 valence electrons. The Kier molecular flexibility index (Phi) is 3.20. The summed E-state index contributed by atoms with van der Waals surface area (Å²) < 4.78 is 5.24. The van der Waals surface area contributed by atoms with Gasteiger partial charge in [0.15, 0.2) is 0 Å². The van der Waals surface area contributed by atoms with Gasteiger partial charge in [0.1, 0.15) is 0 Å². The standard InChI is InChI=1S/C9H13BN2O3/c13-10(14)9-2-1-8(7-11-9)12-3-5-15-6-4-12/h1-2,7,13-14H,3-6H2. The van der Waals surface area contributed by atoms with Crippen molar-refractivity contribution >= 4 is 18.4 Å². The third kappa shape index (κ3) is 2.47. The van der Waals surface area contributed by atoms with Gasteiger partial charge >= 0.3 is 7.12 Å². The maximum atomic E-state index is 8.88. The van der Waals surface area contributed by atoms with Crippen LogP contribution in [0, 0.1) is 0 Å². The summed E-state index contributed by atoms with van der Waals surface area (Å²) in [5, 5.41) is 17.8. The molecule has 1 fully saturated rings. The number of pyridine rings is 1. The predicted octanol–water partition coefficient (Wildman–Crippen LogP) is -1.40. The van der Waals surface area contributed by atoms with Crippen LogP contribution in [0.3, 0.4) is 0 Å². The average molecular weight is 208 g/mol. The molecule has 0 aliphatic carbocycles. The van der Waals surface area contributed by atoms with E-state index in [9.17, 15) is 0 Å². The van der Waals surface area contributed by atoms with Crippen LogP contribution in [0.2, 0.25) is 0 Å². The number of rotatable bonds is 2. The average Bonchev–Trinajstić information content (AvgIpc) is 2.30. The first-order valence-electron chi connectivity index (χ1n) is 4.92. The molecule has 1 aromatic heterocycles. The van der Waals surface area contributed by atoms with Crippen molar-refractivity contribution in [1.82, 2.24) is 4.98 Å². The van der Waals surface area contributed by atoms with Gasteiger partial charge in [0.2, 0.25) is 0 Å². The molecule has 6 heteroatoms. The number of morpholine rings is 1. The number of nitrogens with zero attached hydrogens (tertiary/aromatic N) is 2. The zero-order valence-corrected chi connectivity index (χ0v) is 8.33. The molecule has 1 saturated heterocycles. The topological polar surface area (TPSA) is 65.8 Å². The van der Waals surface area contributed by atoms with Gasteiger partial charge in [-0.2, -0.15) is 0 Å². The van der Waals surface area contributed by atoms with Gasteiger partial charge in [-0.1, -0.05) is 0 Å². The molecule has 1 aliphatic rings. The molecule has 2 N–H and O–H groups in total. The minimum Gasteiger partial charge on any atom is -0.422 e. The molecule has 5 nitrogen and oxygen atoms in total. The molecule has 1 aliphatic heterocycles. The molecule has 0 bridgehead atoms. The molecular formula is C9H13BN2O3. The van der Waals surface area contributed by atoms with Crippen LogP contribution in [0.4, 0.5) is 5.69 Å². The van der Waals surface area contributed by atoms with E-state index in [4.69, 9.17) is 14.8 Å². The van der Waals surface area contributed by atoms with Gasteiger partial charge < -0.3 is 19.7 Å². The highest BCUT2D eigenvalue weighted by atomic mass is 16.5. The van der Waals surface area contributed by atoms with Gasteiger partial charge in [-0.05, 0) is 12.1 Å². The summed E-state index contributed by atoms with van der Waals surface area (Å²) in [5.41, 5.74) is 1.26. The van der Waals surface area contributed by atoms with Crippen molar-refractivity contribution in [3.05, 3.63) is 18.3 Å². The zero-order valence-electron chi connectivity index (χ0n) is 8.33. The number of ether oxygens (including phenoxy) is 1. The molecule has 1 aromatic rings. The Bertz CT molecular complexity index is 312. The number of hydrogen-bond donors (Lipinski definition) is 2. The lowest BCUT2D eigenvalue weighted by atomic mass is 9.86. The zero-order chi connectivity index (χ0) is 10.7. The molecular weight excluding hydrogens is 195 g/mol. The minimum atomic E-state index is -1.50. The fourth-order valence-electron chi connectivity index (χ4n) is 1.56. The smallest absolute Gasteiger partial charge is 0.422 e. The largest absolute Gasteiger partial charge is 0.508 e. The molecule has 0 aromatic carbocycles. The Balaban J connectivity index is 2.08. The summed E-state index contributed by atoms with van der Waals surface area (Å²) in [6.45, 7) is 3.15. The molecule has 0 unspecified atom stereocenters. The molecule has 0 spiro atoms. The highest BCUT2D eigenvalue weighted by Gasteiger charge is 2.15. The third-order valence-corrected chi connectivity index (χ3v) is 2.41. The first-order valence-corrected chi connectivity index (χ1v) is 4.92. The molecule has 0 amide bonds. The Morgan fingerprint density at radius 1 is 1.27 bits per heavy atom. The molecule has 15 heavy (non-hydrogen) atoms. The third-order valence-electron chi connectivity index (χ3n) is 2.41. The lowest BCUT2D eigenvalue weighted by Gasteiger charge is -2.28. The second kappa shape index (κ2) is 4.61. The highest BCUT2D eigenvalue weighted by Crippen LogP contribution is 2.12. The molecule has 2 heterocycles. The van der Waals surface area contributed by atoms with Gasteiger partial charge in [0, 0.05) is 19.3 Å². The molecule has 0 radical (unpaired) electrons. The summed E-state index contributed by atoms with van der Waals surface area (Å²) in [4.78, 5) is 6.13. The first-order chi connectivity index (χ1) is 7.27. The van der Waals surface area contributed by atoms with E-state index in [1.165, 1.54) is 0 Å². The second-order valence-corrected chi connectivity index (χ2v) is 3.41. The second-order valence-electron chi connectivity index (χ2n) is 3.41. The summed E-state index contributed by atoms with van der Waals surface area (Å²) in [5.74, 6) is 0. The van der Waals surface area contributed by atoms with E-state index < -0.39 is 7.12 Å². The maximum absolute atomic E-state index is 8.88. The number of hydrogen-bond acceptors (Lipinski definition) is 5. The lowest BCUT2D eigenvalue weighted by molar-refractivity contribution is 0.122. The van der Waals surface area contributed by atoms with E-state index in [1.807, 2.05) is 6.07 Å². The highest BCUT2D eigenvalue weighted by molar-refractivity contribution is 6.57. The minimum absolute atomic E-state index is 0.270. The van der Waals surface area contributed by atoms with Crippen LogP contribution < -0.4 is 10.5 Å². The van der Waals surface area contributed by atoms with Crippen molar-refractivity contribution < 1.29 is 14.8 Å². The van der Waals surface area contributed by atoms with Crippen LogP contribution in [0.15, 0.2) is 18.3 Å². The molecule has 0 atom stereocenters. The predicted molar refractivity (Wildman–Crippen MR) is 57.1 cm³/mol. The Morgan fingerprint density at radius 3 is 2.53 bits per heavy atom. The van der Waals surface area contributed by atoms with Gasteiger partial charge in [-0.25, -0.2) is 0 Å². The normalized spacial score (nSPS) is 16.5. The van der Waals surface area contributed by atoms with Crippen molar-refractivity contribution in [2.75, 3.05) is 31.2 Å². The fraction of sp³-hybridized carbons (Fsp3) is 0.444. The van der Waals surface area contributed by atoms with Crippen LogP contribution in [0.5, 0.6) is 0 Å². The van der Waals surface area contributed by atoms with Gasteiger partial charge in [0.25, 0.3) is 0 Å². The van der Waals surface area contributed by atoms with Crippen molar-refractivity contribution in [2.45, 2.75) is 0 Å². The van der Waals surface area contributed by atoms with Crippen LogP contribution in [0.1, 0.15) is 0 Å². The van der Waals surface area contributed by atoms with Crippen molar-refractivity contribution in [3.63, 3.8) is 0 Å². The molecule has 0 saturated carbocycles. The fourth-order valence-corrected chi connectivity index (χ4v) is 1.56. The lowest BCUT2D eigenvalue weighted by Crippen LogP contribution is -2.37. The summed E-state index contributed by atoms with van der Waals surface area (Å²) in [7, 11) is -1.50. The van der Waals surface area contributed by atoms with E-state index in [0.717, 1.165) is 32.0 Å². The maximum Gasteiger partial charge on any atom is 0.508 e. The van der Waals surface area contributed by atoms with Crippen LogP contribution in [-0.2, 0) is 4.74 Å². The summed E-state index contributed by atoms with van der Waals surface area (Å²) in [6.07, 6.45) is 1.65. The SMILES string of the molecule is OB(O)c1ccc(N2CCOCC2)cn1. The summed E-state index contributed by atoms with van der Waals surface area (Å²) in [6, 6.07) is 3.46. The monoisotopic (exact) mass is 208 g/mol. The van der Waals surface area contributed by atoms with Gasteiger partial charge in [-0.15, -0.1) is 0 Å². The number of aromatic nitrogens is 1. The summed E-state index contributed by atoms with van der Waals surface area (Å²) >= 11 is 0. The van der Waals surface area contributed by atoms with Crippen LogP contribution in [0.25, 0.3) is 0 Å². The van der Waals surface area contributed by atoms with Gasteiger partial charge in [0.05, 0.1) is 24.5 Å². The van der Waals surface area contributed by atoms with Crippen molar-refractivity contribution in [3.8, 4) is 0 Å². The van der Waals surface area contributed by atoms with Gasteiger partial charge in [-0.3, -0.25) is 4.98 Å². The quantitative estimate of drug-likeness (QED) is 0.585. The van der Waals surface area contributed by atoms with E-state index in [2.05, 4.69) is 9.88 Å². The first kappa shape index (κ1) is 10.4. The van der Waals surface area contributed by atoms with Crippen LogP contribution >= 0.6 is 0 Å². The van der Waals surface area contributed by atoms with E-state index >= 15 is 0 Å². The van der Waals surface area contributed by atoms with E-state index in [0.29, 0.717) is 0 Å². The Labute approximate surface area is 88.5 Å². The van der Waals surface area contributed by atoms with Crippen molar-refractivity contribution in [1.29, 1.82) is 0 Å². The van der Waals surface area contributed by atoms with Crippen LogP contribution in [-0.4, -0.2) is 48.5 Å². The van der Waals surface area contributed by atoms with E-state index in [1.54, 1.807) is 12.3 Å². The van der Waals surface area contributed by atoms with Crippen molar-refractivity contribution in [2.24, 2.45) is 0 Å². The number of anilines is 1.